The van der Waals surface area contributed by atoms with Crippen molar-refractivity contribution in [2.24, 2.45) is 0 Å². The minimum absolute atomic E-state index is 0.132. The SMILES string of the molecule is CC(c1cccc2ccccc12)N1CC(O)C1. The van der Waals surface area contributed by atoms with E-state index < -0.39 is 0 Å². The molecule has 0 amide bonds. The Morgan fingerprint density at radius 1 is 1.12 bits per heavy atom. The van der Waals surface area contributed by atoms with Crippen LogP contribution >= 0.6 is 0 Å². The molecule has 0 aromatic heterocycles. The van der Waals surface area contributed by atoms with E-state index in [4.69, 9.17) is 0 Å². The van der Waals surface area contributed by atoms with Gasteiger partial charge >= 0.3 is 0 Å². The molecule has 1 saturated heterocycles. The predicted molar refractivity (Wildman–Crippen MR) is 69.9 cm³/mol. The van der Waals surface area contributed by atoms with Gasteiger partial charge in [-0.05, 0) is 23.3 Å². The first-order chi connectivity index (χ1) is 8.25. The molecule has 1 heterocycles. The molecule has 88 valence electrons. The second-order valence-corrected chi connectivity index (χ2v) is 4.85. The van der Waals surface area contributed by atoms with Crippen LogP contribution in [0, 0.1) is 0 Å². The van der Waals surface area contributed by atoms with Gasteiger partial charge in [-0.1, -0.05) is 42.5 Å². The number of rotatable bonds is 2. The van der Waals surface area contributed by atoms with E-state index in [1.807, 2.05) is 0 Å². The summed E-state index contributed by atoms with van der Waals surface area (Å²) in [6, 6.07) is 15.3. The lowest BCUT2D eigenvalue weighted by atomic mass is 9.96. The molecule has 1 atom stereocenters. The van der Waals surface area contributed by atoms with Gasteiger partial charge < -0.3 is 5.11 Å². The summed E-state index contributed by atoms with van der Waals surface area (Å²) in [7, 11) is 0. The van der Waals surface area contributed by atoms with Crippen LogP contribution in [0.2, 0.25) is 0 Å². The van der Waals surface area contributed by atoms with Crippen molar-refractivity contribution >= 4 is 10.8 Å². The molecular formula is C15H17NO. The number of fused-ring (bicyclic) bond motifs is 1. The van der Waals surface area contributed by atoms with E-state index in [-0.39, 0.29) is 6.10 Å². The van der Waals surface area contributed by atoms with Gasteiger partial charge in [-0.15, -0.1) is 0 Å². The summed E-state index contributed by atoms with van der Waals surface area (Å²) in [5, 5.41) is 12.0. The summed E-state index contributed by atoms with van der Waals surface area (Å²) in [5.74, 6) is 0. The lowest BCUT2D eigenvalue weighted by molar-refractivity contribution is -0.0208. The molecule has 3 rings (SSSR count). The Kier molecular flexibility index (Phi) is 2.61. The van der Waals surface area contributed by atoms with Crippen LogP contribution in [0.3, 0.4) is 0 Å². The predicted octanol–water partition coefficient (Wildman–Crippen LogP) is 2.58. The largest absolute Gasteiger partial charge is 0.390 e. The molecule has 2 aromatic rings. The van der Waals surface area contributed by atoms with Gasteiger partial charge in [0, 0.05) is 19.1 Å². The lowest BCUT2D eigenvalue weighted by Crippen LogP contribution is -2.51. The van der Waals surface area contributed by atoms with Crippen LogP contribution in [0.25, 0.3) is 10.8 Å². The van der Waals surface area contributed by atoms with Crippen molar-refractivity contribution in [3.8, 4) is 0 Å². The third-order valence-electron chi connectivity index (χ3n) is 3.71. The number of nitrogens with zero attached hydrogens (tertiary/aromatic N) is 1. The van der Waals surface area contributed by atoms with Crippen LogP contribution in [-0.2, 0) is 0 Å². The zero-order valence-corrected chi connectivity index (χ0v) is 10.0. The molecule has 0 bridgehead atoms. The van der Waals surface area contributed by atoms with Gasteiger partial charge in [-0.2, -0.15) is 0 Å². The third kappa shape index (κ3) is 1.84. The maximum Gasteiger partial charge on any atom is 0.0794 e. The van der Waals surface area contributed by atoms with Crippen molar-refractivity contribution < 1.29 is 5.11 Å². The standard InChI is InChI=1S/C15H17NO/c1-11(16-9-13(17)10-16)14-8-4-6-12-5-2-3-7-15(12)14/h2-8,11,13,17H,9-10H2,1H3. The van der Waals surface area contributed by atoms with E-state index in [9.17, 15) is 5.11 Å². The quantitative estimate of drug-likeness (QED) is 0.852. The molecule has 2 heteroatoms. The molecule has 1 N–H and O–H groups in total. The summed E-state index contributed by atoms with van der Waals surface area (Å²) >= 11 is 0. The van der Waals surface area contributed by atoms with Gasteiger partial charge in [0.05, 0.1) is 6.10 Å². The first kappa shape index (κ1) is 10.8. The minimum atomic E-state index is -0.132. The minimum Gasteiger partial charge on any atom is -0.390 e. The van der Waals surface area contributed by atoms with E-state index in [0.29, 0.717) is 6.04 Å². The Morgan fingerprint density at radius 2 is 1.82 bits per heavy atom. The van der Waals surface area contributed by atoms with Crippen molar-refractivity contribution in [1.82, 2.24) is 4.90 Å². The average molecular weight is 227 g/mol. The van der Waals surface area contributed by atoms with Crippen LogP contribution in [0.1, 0.15) is 18.5 Å². The van der Waals surface area contributed by atoms with Crippen LogP contribution in [-0.4, -0.2) is 29.2 Å². The maximum atomic E-state index is 9.39. The van der Waals surface area contributed by atoms with Gasteiger partial charge in [-0.25, -0.2) is 0 Å². The number of hydrogen-bond acceptors (Lipinski definition) is 2. The normalized spacial score (nSPS) is 19.2. The third-order valence-corrected chi connectivity index (χ3v) is 3.71. The lowest BCUT2D eigenvalue weighted by Gasteiger charge is -2.40. The zero-order chi connectivity index (χ0) is 11.8. The number of β-amino-alcohol motifs (C(OH)–C–C–N with tert-alkyl or cyclic N) is 1. The Morgan fingerprint density at radius 3 is 2.59 bits per heavy atom. The fraction of sp³-hybridized carbons (Fsp3) is 0.333. The molecule has 1 aliphatic rings. The van der Waals surface area contributed by atoms with Gasteiger partial charge in [-0.3, -0.25) is 4.90 Å². The Bertz CT molecular complexity index is 526. The molecular weight excluding hydrogens is 210 g/mol. The Hall–Kier alpha value is -1.38. The van der Waals surface area contributed by atoms with Crippen molar-refractivity contribution in [1.29, 1.82) is 0 Å². The van der Waals surface area contributed by atoms with E-state index in [1.165, 1.54) is 16.3 Å². The van der Waals surface area contributed by atoms with Gasteiger partial charge in [0.15, 0.2) is 0 Å². The van der Waals surface area contributed by atoms with Crippen LogP contribution in [0.4, 0.5) is 0 Å². The van der Waals surface area contributed by atoms with E-state index in [0.717, 1.165) is 13.1 Å². The molecule has 0 radical (unpaired) electrons. The van der Waals surface area contributed by atoms with Crippen molar-refractivity contribution in [2.45, 2.75) is 19.1 Å². The Balaban J connectivity index is 1.99. The van der Waals surface area contributed by atoms with Crippen molar-refractivity contribution in [3.05, 3.63) is 48.0 Å². The van der Waals surface area contributed by atoms with E-state index >= 15 is 0 Å². The van der Waals surface area contributed by atoms with Gasteiger partial charge in [0.25, 0.3) is 0 Å². The average Bonchev–Trinajstić information content (AvgIpc) is 2.33. The van der Waals surface area contributed by atoms with Gasteiger partial charge in [0.1, 0.15) is 0 Å². The summed E-state index contributed by atoms with van der Waals surface area (Å²) < 4.78 is 0. The molecule has 1 unspecified atom stereocenters. The summed E-state index contributed by atoms with van der Waals surface area (Å²) in [6.07, 6.45) is -0.132. The highest BCUT2D eigenvalue weighted by Crippen LogP contribution is 2.30. The fourth-order valence-electron chi connectivity index (χ4n) is 2.62. The smallest absolute Gasteiger partial charge is 0.0794 e. The van der Waals surface area contributed by atoms with Crippen LogP contribution in [0.15, 0.2) is 42.5 Å². The first-order valence-electron chi connectivity index (χ1n) is 6.15. The molecule has 1 aliphatic heterocycles. The van der Waals surface area contributed by atoms with Crippen LogP contribution < -0.4 is 0 Å². The van der Waals surface area contributed by atoms with Crippen LogP contribution in [0.5, 0.6) is 0 Å². The highest BCUT2D eigenvalue weighted by Gasteiger charge is 2.29. The maximum absolute atomic E-state index is 9.39. The van der Waals surface area contributed by atoms with E-state index in [2.05, 4.69) is 54.3 Å². The summed E-state index contributed by atoms with van der Waals surface area (Å²) in [6.45, 7) is 3.81. The number of benzene rings is 2. The number of likely N-dealkylation sites (tertiary alicyclic amines) is 1. The number of aliphatic hydroxyl groups is 1. The molecule has 2 aromatic carbocycles. The molecule has 17 heavy (non-hydrogen) atoms. The molecule has 0 aliphatic carbocycles. The molecule has 0 spiro atoms. The highest BCUT2D eigenvalue weighted by molar-refractivity contribution is 5.86. The second-order valence-electron chi connectivity index (χ2n) is 4.85. The zero-order valence-electron chi connectivity index (χ0n) is 10.0. The fourth-order valence-corrected chi connectivity index (χ4v) is 2.62. The monoisotopic (exact) mass is 227 g/mol. The summed E-state index contributed by atoms with van der Waals surface area (Å²) in [5.41, 5.74) is 1.36. The summed E-state index contributed by atoms with van der Waals surface area (Å²) in [4.78, 5) is 2.31. The molecule has 0 saturated carbocycles. The number of aliphatic hydroxyl groups excluding tert-OH is 1. The van der Waals surface area contributed by atoms with Gasteiger partial charge in [0.2, 0.25) is 0 Å². The number of hydrogen-bond donors (Lipinski definition) is 1. The topological polar surface area (TPSA) is 23.5 Å². The first-order valence-corrected chi connectivity index (χ1v) is 6.15. The Labute approximate surface area is 101 Å². The van der Waals surface area contributed by atoms with Crippen molar-refractivity contribution in [2.75, 3.05) is 13.1 Å². The second kappa shape index (κ2) is 4.13. The van der Waals surface area contributed by atoms with E-state index in [1.54, 1.807) is 0 Å². The van der Waals surface area contributed by atoms with Crippen molar-refractivity contribution in [3.63, 3.8) is 0 Å². The molecule has 1 fully saturated rings. The highest BCUT2D eigenvalue weighted by atomic mass is 16.3. The molecule has 2 nitrogen and oxygen atoms in total.